The summed E-state index contributed by atoms with van der Waals surface area (Å²) in [5, 5.41) is 3.49. The Balaban J connectivity index is 1.99. The van der Waals surface area contributed by atoms with Crippen molar-refractivity contribution in [2.45, 2.75) is 24.3 Å². The highest BCUT2D eigenvalue weighted by molar-refractivity contribution is 7.99. The van der Waals surface area contributed by atoms with Crippen LogP contribution in [0.3, 0.4) is 0 Å². The summed E-state index contributed by atoms with van der Waals surface area (Å²) in [5.41, 5.74) is 1.08. The SMILES string of the molecule is CCCNC(CSc1ccc(F)cc1)c1cncnc1. The van der Waals surface area contributed by atoms with E-state index in [2.05, 4.69) is 22.2 Å². The topological polar surface area (TPSA) is 37.8 Å². The van der Waals surface area contributed by atoms with Crippen LogP contribution in [0, 0.1) is 5.82 Å². The minimum absolute atomic E-state index is 0.200. The highest BCUT2D eigenvalue weighted by Gasteiger charge is 2.11. The fraction of sp³-hybridized carbons (Fsp3) is 0.333. The first-order valence-corrected chi connectivity index (χ1v) is 7.65. The third kappa shape index (κ3) is 4.58. The van der Waals surface area contributed by atoms with Gasteiger partial charge in [-0.05, 0) is 37.2 Å². The molecule has 0 saturated carbocycles. The first-order valence-electron chi connectivity index (χ1n) is 6.66. The van der Waals surface area contributed by atoms with Crippen molar-refractivity contribution in [1.29, 1.82) is 0 Å². The molecule has 20 heavy (non-hydrogen) atoms. The first kappa shape index (κ1) is 14.9. The van der Waals surface area contributed by atoms with E-state index in [1.165, 1.54) is 18.5 Å². The zero-order valence-corrected chi connectivity index (χ0v) is 12.2. The summed E-state index contributed by atoms with van der Waals surface area (Å²) in [6.45, 7) is 3.09. The van der Waals surface area contributed by atoms with E-state index in [4.69, 9.17) is 0 Å². The third-order valence-corrected chi connectivity index (χ3v) is 3.96. The minimum atomic E-state index is -0.202. The molecule has 0 amide bonds. The maximum absolute atomic E-state index is 12.9. The number of halogens is 1. The molecule has 1 aromatic heterocycles. The van der Waals surface area contributed by atoms with Gasteiger partial charge in [0.15, 0.2) is 0 Å². The summed E-state index contributed by atoms with van der Waals surface area (Å²) in [6.07, 6.45) is 6.29. The van der Waals surface area contributed by atoms with Crippen LogP contribution in [0.5, 0.6) is 0 Å². The summed E-state index contributed by atoms with van der Waals surface area (Å²) in [6, 6.07) is 6.79. The number of aromatic nitrogens is 2. The van der Waals surface area contributed by atoms with Gasteiger partial charge in [0.05, 0.1) is 0 Å². The average Bonchev–Trinajstić information content (AvgIpc) is 2.50. The molecule has 0 radical (unpaired) electrons. The van der Waals surface area contributed by atoms with Crippen LogP contribution in [0.25, 0.3) is 0 Å². The molecule has 0 bridgehead atoms. The van der Waals surface area contributed by atoms with Crippen LogP contribution >= 0.6 is 11.8 Å². The van der Waals surface area contributed by atoms with Crippen LogP contribution in [-0.2, 0) is 0 Å². The Morgan fingerprint density at radius 1 is 1.20 bits per heavy atom. The molecule has 0 aliphatic rings. The Kier molecular flexibility index (Phi) is 5.95. The average molecular weight is 291 g/mol. The van der Waals surface area contributed by atoms with E-state index in [-0.39, 0.29) is 11.9 Å². The van der Waals surface area contributed by atoms with Crippen LogP contribution in [0.2, 0.25) is 0 Å². The van der Waals surface area contributed by atoms with E-state index in [1.807, 2.05) is 12.4 Å². The van der Waals surface area contributed by atoms with E-state index in [9.17, 15) is 4.39 Å². The Labute approximate surface area is 123 Å². The lowest BCUT2D eigenvalue weighted by Gasteiger charge is -2.17. The molecule has 2 aromatic rings. The second kappa shape index (κ2) is 7.97. The summed E-state index contributed by atoms with van der Waals surface area (Å²) < 4.78 is 12.9. The zero-order valence-electron chi connectivity index (χ0n) is 11.4. The van der Waals surface area contributed by atoms with Crippen LogP contribution in [0.1, 0.15) is 24.9 Å². The fourth-order valence-electron chi connectivity index (χ4n) is 1.79. The molecule has 1 atom stereocenters. The van der Waals surface area contributed by atoms with Gasteiger partial charge in [-0.1, -0.05) is 6.92 Å². The maximum Gasteiger partial charge on any atom is 0.123 e. The van der Waals surface area contributed by atoms with Crippen LogP contribution < -0.4 is 5.32 Å². The first-order chi connectivity index (χ1) is 9.79. The second-order valence-corrected chi connectivity index (χ2v) is 5.54. The number of thioether (sulfide) groups is 1. The molecule has 3 nitrogen and oxygen atoms in total. The Hall–Kier alpha value is -1.46. The summed E-state index contributed by atoms with van der Waals surface area (Å²) >= 11 is 1.70. The van der Waals surface area contributed by atoms with E-state index in [0.717, 1.165) is 29.2 Å². The quantitative estimate of drug-likeness (QED) is 0.793. The lowest BCUT2D eigenvalue weighted by atomic mass is 10.2. The summed E-state index contributed by atoms with van der Waals surface area (Å²) in [4.78, 5) is 9.20. The highest BCUT2D eigenvalue weighted by Crippen LogP contribution is 2.24. The molecule has 1 unspecified atom stereocenters. The smallest absolute Gasteiger partial charge is 0.123 e. The van der Waals surface area contributed by atoms with Crippen molar-refractivity contribution in [3.05, 3.63) is 54.4 Å². The molecule has 0 spiro atoms. The Bertz CT molecular complexity index is 504. The van der Waals surface area contributed by atoms with E-state index in [0.29, 0.717) is 0 Å². The fourth-order valence-corrected chi connectivity index (χ4v) is 2.79. The number of hydrogen-bond acceptors (Lipinski definition) is 4. The summed E-state index contributed by atoms with van der Waals surface area (Å²) in [7, 11) is 0. The standard InChI is InChI=1S/C15H18FN3S/c1-2-7-19-15(12-8-17-11-18-9-12)10-20-14-5-3-13(16)4-6-14/h3-6,8-9,11,15,19H,2,7,10H2,1H3. The molecular weight excluding hydrogens is 273 g/mol. The van der Waals surface area contributed by atoms with Crippen molar-refractivity contribution in [3.63, 3.8) is 0 Å². The summed E-state index contributed by atoms with van der Waals surface area (Å²) in [5.74, 6) is 0.658. The van der Waals surface area contributed by atoms with Gasteiger partial charge in [0.2, 0.25) is 0 Å². The van der Waals surface area contributed by atoms with E-state index in [1.54, 1.807) is 23.9 Å². The van der Waals surface area contributed by atoms with Gasteiger partial charge in [0.1, 0.15) is 12.1 Å². The molecule has 5 heteroatoms. The molecule has 2 rings (SSSR count). The normalized spacial score (nSPS) is 12.3. The molecule has 0 aliphatic carbocycles. The maximum atomic E-state index is 12.9. The number of hydrogen-bond donors (Lipinski definition) is 1. The van der Waals surface area contributed by atoms with Gasteiger partial charge in [0.25, 0.3) is 0 Å². The van der Waals surface area contributed by atoms with Crippen molar-refractivity contribution in [2.24, 2.45) is 0 Å². The molecule has 0 aliphatic heterocycles. The van der Waals surface area contributed by atoms with E-state index < -0.39 is 0 Å². The second-order valence-electron chi connectivity index (χ2n) is 4.44. The third-order valence-electron chi connectivity index (χ3n) is 2.85. The van der Waals surface area contributed by atoms with Crippen molar-refractivity contribution >= 4 is 11.8 Å². The molecule has 1 N–H and O–H groups in total. The molecule has 1 heterocycles. The predicted octanol–water partition coefficient (Wildman–Crippen LogP) is 3.45. The van der Waals surface area contributed by atoms with Crippen LogP contribution in [0.15, 0.2) is 47.9 Å². The lowest BCUT2D eigenvalue weighted by molar-refractivity contribution is 0.574. The van der Waals surface area contributed by atoms with Crippen molar-refractivity contribution in [2.75, 3.05) is 12.3 Å². The number of nitrogens with zero attached hydrogens (tertiary/aromatic N) is 2. The molecule has 106 valence electrons. The van der Waals surface area contributed by atoms with Gasteiger partial charge in [-0.2, -0.15) is 0 Å². The van der Waals surface area contributed by atoms with Gasteiger partial charge >= 0.3 is 0 Å². The number of benzene rings is 1. The predicted molar refractivity (Wildman–Crippen MR) is 80.2 cm³/mol. The zero-order chi connectivity index (χ0) is 14.2. The largest absolute Gasteiger partial charge is 0.309 e. The monoisotopic (exact) mass is 291 g/mol. The van der Waals surface area contributed by atoms with Crippen LogP contribution in [0.4, 0.5) is 4.39 Å². The van der Waals surface area contributed by atoms with Crippen LogP contribution in [-0.4, -0.2) is 22.3 Å². The van der Waals surface area contributed by atoms with Gasteiger partial charge in [-0.15, -0.1) is 11.8 Å². The number of rotatable bonds is 7. The molecule has 0 saturated heterocycles. The van der Waals surface area contributed by atoms with Gasteiger partial charge in [-0.25, -0.2) is 14.4 Å². The van der Waals surface area contributed by atoms with Crippen molar-refractivity contribution in [1.82, 2.24) is 15.3 Å². The van der Waals surface area contributed by atoms with E-state index >= 15 is 0 Å². The van der Waals surface area contributed by atoms with Crippen molar-refractivity contribution < 1.29 is 4.39 Å². The Morgan fingerprint density at radius 3 is 2.55 bits per heavy atom. The van der Waals surface area contributed by atoms with Gasteiger partial charge in [0, 0.05) is 34.6 Å². The van der Waals surface area contributed by atoms with Gasteiger partial charge in [-0.3, -0.25) is 0 Å². The number of nitrogens with one attached hydrogen (secondary N) is 1. The molecular formula is C15H18FN3S. The minimum Gasteiger partial charge on any atom is -0.309 e. The van der Waals surface area contributed by atoms with Crippen molar-refractivity contribution in [3.8, 4) is 0 Å². The van der Waals surface area contributed by atoms with Gasteiger partial charge < -0.3 is 5.32 Å². The Morgan fingerprint density at radius 2 is 1.90 bits per heavy atom. The molecule has 1 aromatic carbocycles. The lowest BCUT2D eigenvalue weighted by Crippen LogP contribution is -2.24. The highest BCUT2D eigenvalue weighted by atomic mass is 32.2. The molecule has 0 fully saturated rings.